The van der Waals surface area contributed by atoms with Gasteiger partial charge in [-0.25, -0.2) is 4.79 Å². The second-order valence-corrected chi connectivity index (χ2v) is 6.49. The summed E-state index contributed by atoms with van der Waals surface area (Å²) in [6.07, 6.45) is 4.49. The van der Waals surface area contributed by atoms with Crippen LogP contribution in [-0.4, -0.2) is 42.4 Å². The van der Waals surface area contributed by atoms with Crippen molar-refractivity contribution in [1.82, 2.24) is 4.90 Å². The van der Waals surface area contributed by atoms with E-state index < -0.39 is 5.60 Å². The van der Waals surface area contributed by atoms with E-state index in [1.165, 1.54) is 12.8 Å². The molecule has 1 saturated carbocycles. The van der Waals surface area contributed by atoms with Crippen molar-refractivity contribution >= 4 is 6.09 Å². The zero-order chi connectivity index (χ0) is 13.3. The smallest absolute Gasteiger partial charge is 0.410 e. The van der Waals surface area contributed by atoms with Crippen molar-refractivity contribution in [3.05, 3.63) is 0 Å². The summed E-state index contributed by atoms with van der Waals surface area (Å²) in [5.74, 6) is 0.594. The molecule has 4 nitrogen and oxygen atoms in total. The van der Waals surface area contributed by atoms with Crippen LogP contribution in [0.25, 0.3) is 0 Å². The van der Waals surface area contributed by atoms with Gasteiger partial charge in [0.1, 0.15) is 5.60 Å². The Kier molecular flexibility index (Phi) is 3.85. The number of fused-ring (bicyclic) bond motifs is 2. The lowest BCUT2D eigenvalue weighted by atomic mass is 9.87. The monoisotopic (exact) mass is 255 g/mol. The molecule has 1 heterocycles. The SMILES string of the molecule is COC[C@@H]1C2CCCC(C2)N1C(=O)OC(C)(C)C. The summed E-state index contributed by atoms with van der Waals surface area (Å²) < 4.78 is 10.8. The van der Waals surface area contributed by atoms with Crippen LogP contribution in [0.3, 0.4) is 0 Å². The normalized spacial score (nSPS) is 31.6. The van der Waals surface area contributed by atoms with Gasteiger partial charge in [0.15, 0.2) is 0 Å². The molecule has 18 heavy (non-hydrogen) atoms. The third-order valence-corrected chi connectivity index (χ3v) is 3.92. The molecule has 104 valence electrons. The molecule has 2 aliphatic rings. The van der Waals surface area contributed by atoms with Gasteiger partial charge >= 0.3 is 6.09 Å². The zero-order valence-corrected chi connectivity index (χ0v) is 11.9. The van der Waals surface area contributed by atoms with Crippen LogP contribution in [0, 0.1) is 5.92 Å². The van der Waals surface area contributed by atoms with Gasteiger partial charge < -0.3 is 9.47 Å². The molecule has 0 radical (unpaired) electrons. The minimum Gasteiger partial charge on any atom is -0.444 e. The van der Waals surface area contributed by atoms with Crippen molar-refractivity contribution < 1.29 is 14.3 Å². The van der Waals surface area contributed by atoms with Gasteiger partial charge in [-0.3, -0.25) is 4.90 Å². The molecule has 2 bridgehead atoms. The van der Waals surface area contributed by atoms with Crippen LogP contribution >= 0.6 is 0 Å². The molecule has 3 atom stereocenters. The van der Waals surface area contributed by atoms with Crippen LogP contribution in [0.15, 0.2) is 0 Å². The fourth-order valence-corrected chi connectivity index (χ4v) is 3.29. The van der Waals surface area contributed by atoms with Crippen molar-refractivity contribution in [3.8, 4) is 0 Å². The van der Waals surface area contributed by atoms with Crippen LogP contribution in [0.2, 0.25) is 0 Å². The number of hydrogen-bond acceptors (Lipinski definition) is 3. The molecule has 1 aliphatic heterocycles. The summed E-state index contributed by atoms with van der Waals surface area (Å²) >= 11 is 0. The molecule has 2 unspecified atom stereocenters. The summed E-state index contributed by atoms with van der Waals surface area (Å²) in [5.41, 5.74) is -0.425. The quantitative estimate of drug-likeness (QED) is 0.761. The Hall–Kier alpha value is -0.770. The maximum absolute atomic E-state index is 12.3. The standard InChI is InChI=1S/C14H25NO3/c1-14(2,3)18-13(16)15-11-7-5-6-10(8-11)12(15)9-17-4/h10-12H,5-9H2,1-4H3/t10?,11?,12-/m1/s1. The van der Waals surface area contributed by atoms with E-state index in [1.54, 1.807) is 7.11 Å². The highest BCUT2D eigenvalue weighted by Gasteiger charge is 2.46. The van der Waals surface area contributed by atoms with Crippen molar-refractivity contribution in [2.45, 2.75) is 64.1 Å². The van der Waals surface area contributed by atoms with Crippen molar-refractivity contribution in [1.29, 1.82) is 0 Å². The maximum Gasteiger partial charge on any atom is 0.410 e. The number of likely N-dealkylation sites (tertiary alicyclic amines) is 1. The van der Waals surface area contributed by atoms with E-state index >= 15 is 0 Å². The van der Waals surface area contributed by atoms with Gasteiger partial charge in [-0.05, 0) is 46.0 Å². The minimum atomic E-state index is -0.425. The number of amides is 1. The molecule has 0 aromatic heterocycles. The molecule has 1 aliphatic carbocycles. The summed E-state index contributed by atoms with van der Waals surface area (Å²) in [4.78, 5) is 14.3. The van der Waals surface area contributed by atoms with E-state index in [1.807, 2.05) is 25.7 Å². The first kappa shape index (κ1) is 13.7. The average molecular weight is 255 g/mol. The number of nitrogens with zero attached hydrogens (tertiary/aromatic N) is 1. The molecular weight excluding hydrogens is 230 g/mol. The highest BCUT2D eigenvalue weighted by Crippen LogP contribution is 2.41. The van der Waals surface area contributed by atoms with E-state index in [0.717, 1.165) is 12.8 Å². The lowest BCUT2D eigenvalue weighted by Crippen LogP contribution is -2.46. The largest absolute Gasteiger partial charge is 0.444 e. The Balaban J connectivity index is 2.10. The molecular formula is C14H25NO3. The van der Waals surface area contributed by atoms with Gasteiger partial charge in [0.05, 0.1) is 12.6 Å². The number of carbonyl (C=O) groups excluding carboxylic acids is 1. The van der Waals surface area contributed by atoms with Crippen LogP contribution < -0.4 is 0 Å². The Morgan fingerprint density at radius 3 is 2.67 bits per heavy atom. The van der Waals surface area contributed by atoms with Gasteiger partial charge in [-0.2, -0.15) is 0 Å². The first-order valence-corrected chi connectivity index (χ1v) is 6.92. The third kappa shape index (κ3) is 2.79. The lowest BCUT2D eigenvalue weighted by Gasteiger charge is -2.32. The Morgan fingerprint density at radius 2 is 2.06 bits per heavy atom. The van der Waals surface area contributed by atoms with Crippen molar-refractivity contribution in [3.63, 3.8) is 0 Å². The second kappa shape index (κ2) is 5.08. The van der Waals surface area contributed by atoms with Crippen LogP contribution in [-0.2, 0) is 9.47 Å². The fraction of sp³-hybridized carbons (Fsp3) is 0.929. The Bertz CT molecular complexity index is 311. The molecule has 0 spiro atoms. The van der Waals surface area contributed by atoms with Crippen LogP contribution in [0.1, 0.15) is 46.5 Å². The first-order chi connectivity index (χ1) is 8.42. The number of methoxy groups -OCH3 is 1. The Morgan fingerprint density at radius 1 is 1.33 bits per heavy atom. The summed E-state index contributed by atoms with van der Waals surface area (Å²) in [6, 6.07) is 0.566. The number of hydrogen-bond donors (Lipinski definition) is 0. The highest BCUT2D eigenvalue weighted by molar-refractivity contribution is 5.69. The second-order valence-electron chi connectivity index (χ2n) is 6.49. The predicted octanol–water partition coefficient (Wildman–Crippen LogP) is 2.81. The maximum atomic E-state index is 12.3. The molecule has 1 amide bonds. The topological polar surface area (TPSA) is 38.8 Å². The van der Waals surface area contributed by atoms with Gasteiger partial charge in [0.25, 0.3) is 0 Å². The van der Waals surface area contributed by atoms with E-state index in [-0.39, 0.29) is 12.1 Å². The molecule has 2 rings (SSSR count). The lowest BCUT2D eigenvalue weighted by molar-refractivity contribution is 0.00451. The van der Waals surface area contributed by atoms with Crippen LogP contribution in [0.4, 0.5) is 4.79 Å². The summed E-state index contributed by atoms with van der Waals surface area (Å²) in [5, 5.41) is 0. The molecule has 2 fully saturated rings. The van der Waals surface area contributed by atoms with E-state index in [9.17, 15) is 4.79 Å². The number of rotatable bonds is 2. The average Bonchev–Trinajstić information content (AvgIpc) is 2.49. The van der Waals surface area contributed by atoms with Crippen molar-refractivity contribution in [2.24, 2.45) is 5.92 Å². The number of ether oxygens (including phenoxy) is 2. The highest BCUT2D eigenvalue weighted by atomic mass is 16.6. The summed E-state index contributed by atoms with van der Waals surface area (Å²) in [7, 11) is 1.70. The molecule has 0 N–H and O–H groups in total. The fourth-order valence-electron chi connectivity index (χ4n) is 3.29. The predicted molar refractivity (Wildman–Crippen MR) is 69.5 cm³/mol. The van der Waals surface area contributed by atoms with E-state index in [2.05, 4.69) is 0 Å². The minimum absolute atomic E-state index is 0.168. The van der Waals surface area contributed by atoms with Gasteiger partial charge in [0, 0.05) is 13.2 Å². The summed E-state index contributed by atoms with van der Waals surface area (Å²) in [6.45, 7) is 6.37. The van der Waals surface area contributed by atoms with Gasteiger partial charge in [-0.1, -0.05) is 6.42 Å². The van der Waals surface area contributed by atoms with Gasteiger partial charge in [0.2, 0.25) is 0 Å². The van der Waals surface area contributed by atoms with Crippen LogP contribution in [0.5, 0.6) is 0 Å². The van der Waals surface area contributed by atoms with Crippen molar-refractivity contribution in [2.75, 3.05) is 13.7 Å². The zero-order valence-electron chi connectivity index (χ0n) is 11.9. The molecule has 0 aromatic carbocycles. The van der Waals surface area contributed by atoms with E-state index in [4.69, 9.17) is 9.47 Å². The van der Waals surface area contributed by atoms with Gasteiger partial charge in [-0.15, -0.1) is 0 Å². The van der Waals surface area contributed by atoms with E-state index in [0.29, 0.717) is 18.6 Å². The number of carbonyl (C=O) groups is 1. The third-order valence-electron chi connectivity index (χ3n) is 3.92. The first-order valence-electron chi connectivity index (χ1n) is 6.92. The molecule has 4 heteroatoms. The molecule has 1 saturated heterocycles. The Labute approximate surface area is 110 Å². The molecule has 0 aromatic rings.